The molecule has 0 amide bonds. The van der Waals surface area contributed by atoms with Gasteiger partial charge in [0, 0.05) is 20.3 Å². The van der Waals surface area contributed by atoms with Crippen LogP contribution in [0.4, 0.5) is 0 Å². The van der Waals surface area contributed by atoms with Gasteiger partial charge >= 0.3 is 0 Å². The van der Waals surface area contributed by atoms with E-state index in [1.165, 1.54) is 39.9 Å². The van der Waals surface area contributed by atoms with Crippen LogP contribution >= 0.6 is 27.3 Å². The van der Waals surface area contributed by atoms with E-state index >= 15 is 0 Å². The van der Waals surface area contributed by atoms with Crippen molar-refractivity contribution in [2.45, 2.75) is 59.4 Å². The number of aryl methyl sites for hydroxylation is 1. The second-order valence-electron chi connectivity index (χ2n) is 6.47. The average Bonchev–Trinajstić information content (AvgIpc) is 2.84. The molecular formula is C16H26BrNS. The summed E-state index contributed by atoms with van der Waals surface area (Å²) in [6, 6.07) is 2.87. The summed E-state index contributed by atoms with van der Waals surface area (Å²) in [7, 11) is 0. The van der Waals surface area contributed by atoms with E-state index in [4.69, 9.17) is 0 Å². The molecule has 1 aliphatic rings. The van der Waals surface area contributed by atoms with Gasteiger partial charge in [0.15, 0.2) is 0 Å². The SMILES string of the molecule is CCCNC(c1cc(Br)c(C)s1)C1CCCC1(C)C. The highest BCUT2D eigenvalue weighted by molar-refractivity contribution is 9.10. The molecule has 2 atom stereocenters. The molecular weight excluding hydrogens is 318 g/mol. The Morgan fingerprint density at radius 2 is 2.26 bits per heavy atom. The maximum atomic E-state index is 3.81. The number of rotatable bonds is 5. The van der Waals surface area contributed by atoms with E-state index in [9.17, 15) is 0 Å². The molecule has 1 aromatic heterocycles. The molecule has 1 saturated carbocycles. The second kappa shape index (κ2) is 6.28. The van der Waals surface area contributed by atoms with Crippen LogP contribution in [0.15, 0.2) is 10.5 Å². The first kappa shape index (κ1) is 15.5. The molecule has 2 rings (SSSR count). The van der Waals surface area contributed by atoms with E-state index in [1.807, 2.05) is 11.3 Å². The van der Waals surface area contributed by atoms with Crippen LogP contribution in [0, 0.1) is 18.3 Å². The Balaban J connectivity index is 2.25. The smallest absolute Gasteiger partial charge is 0.0449 e. The van der Waals surface area contributed by atoms with Crippen molar-refractivity contribution in [1.29, 1.82) is 0 Å². The fourth-order valence-electron chi connectivity index (χ4n) is 3.35. The standard InChI is InChI=1S/C16H26BrNS/c1-5-9-18-15(12-7-6-8-16(12,3)4)14-10-13(17)11(2)19-14/h10,12,15,18H,5-9H2,1-4H3. The lowest BCUT2D eigenvalue weighted by Crippen LogP contribution is -2.33. The van der Waals surface area contributed by atoms with Gasteiger partial charge in [-0.1, -0.05) is 27.2 Å². The van der Waals surface area contributed by atoms with Crippen LogP contribution in [0.3, 0.4) is 0 Å². The summed E-state index contributed by atoms with van der Waals surface area (Å²) in [4.78, 5) is 2.91. The fraction of sp³-hybridized carbons (Fsp3) is 0.750. The predicted octanol–water partition coefficient (Wildman–Crippen LogP) is 5.69. The van der Waals surface area contributed by atoms with E-state index in [1.54, 1.807) is 0 Å². The highest BCUT2D eigenvalue weighted by Gasteiger charge is 2.40. The zero-order chi connectivity index (χ0) is 14.0. The van der Waals surface area contributed by atoms with E-state index in [-0.39, 0.29) is 0 Å². The molecule has 3 heteroatoms. The molecule has 2 unspecified atom stereocenters. The lowest BCUT2D eigenvalue weighted by molar-refractivity contribution is 0.200. The maximum absolute atomic E-state index is 3.81. The van der Waals surface area contributed by atoms with E-state index in [2.05, 4.69) is 55.0 Å². The Labute approximate surface area is 130 Å². The Hall–Kier alpha value is 0.140. The molecule has 1 nitrogen and oxygen atoms in total. The maximum Gasteiger partial charge on any atom is 0.0449 e. The summed E-state index contributed by atoms with van der Waals surface area (Å²) < 4.78 is 1.27. The van der Waals surface area contributed by atoms with Crippen LogP contribution in [0.2, 0.25) is 0 Å². The van der Waals surface area contributed by atoms with Gasteiger partial charge in [-0.3, -0.25) is 0 Å². The summed E-state index contributed by atoms with van der Waals surface area (Å²) in [5.74, 6) is 0.768. The molecule has 0 radical (unpaired) electrons. The topological polar surface area (TPSA) is 12.0 Å². The first-order valence-electron chi connectivity index (χ1n) is 7.45. The molecule has 0 saturated heterocycles. The van der Waals surface area contributed by atoms with Gasteiger partial charge < -0.3 is 5.32 Å². The monoisotopic (exact) mass is 343 g/mol. The minimum absolute atomic E-state index is 0.468. The van der Waals surface area contributed by atoms with Gasteiger partial charge in [-0.05, 0) is 66.1 Å². The molecule has 0 bridgehead atoms. The number of hydrogen-bond acceptors (Lipinski definition) is 2. The van der Waals surface area contributed by atoms with Crippen molar-refractivity contribution in [3.8, 4) is 0 Å². The largest absolute Gasteiger partial charge is 0.309 e. The minimum Gasteiger partial charge on any atom is -0.309 e. The number of halogens is 1. The van der Waals surface area contributed by atoms with Gasteiger partial charge in [0.2, 0.25) is 0 Å². The molecule has 1 aromatic rings. The molecule has 0 spiro atoms. The Bertz CT molecular complexity index is 405. The molecule has 1 aliphatic carbocycles. The predicted molar refractivity (Wildman–Crippen MR) is 88.9 cm³/mol. The molecule has 0 aliphatic heterocycles. The van der Waals surface area contributed by atoms with Crippen molar-refractivity contribution in [3.05, 3.63) is 20.3 Å². The molecule has 1 heterocycles. The van der Waals surface area contributed by atoms with Crippen molar-refractivity contribution in [2.75, 3.05) is 6.54 Å². The van der Waals surface area contributed by atoms with Crippen LogP contribution in [0.5, 0.6) is 0 Å². The fourth-order valence-corrected chi connectivity index (χ4v) is 5.05. The highest BCUT2D eigenvalue weighted by atomic mass is 79.9. The normalized spacial score (nSPS) is 23.7. The third kappa shape index (κ3) is 3.43. The van der Waals surface area contributed by atoms with E-state index < -0.39 is 0 Å². The highest BCUT2D eigenvalue weighted by Crippen LogP contribution is 2.50. The summed E-state index contributed by atoms with van der Waals surface area (Å²) in [5, 5.41) is 3.81. The van der Waals surface area contributed by atoms with Crippen LogP contribution in [-0.2, 0) is 0 Å². The van der Waals surface area contributed by atoms with Crippen LogP contribution in [-0.4, -0.2) is 6.54 Å². The average molecular weight is 344 g/mol. The zero-order valence-electron chi connectivity index (χ0n) is 12.6. The van der Waals surface area contributed by atoms with Crippen molar-refractivity contribution >= 4 is 27.3 Å². The zero-order valence-corrected chi connectivity index (χ0v) is 15.0. The van der Waals surface area contributed by atoms with Crippen molar-refractivity contribution in [1.82, 2.24) is 5.32 Å². The molecule has 0 aromatic carbocycles. The molecule has 1 N–H and O–H groups in total. The van der Waals surface area contributed by atoms with Crippen molar-refractivity contribution in [3.63, 3.8) is 0 Å². The van der Waals surface area contributed by atoms with Crippen LogP contribution in [0.1, 0.15) is 62.3 Å². The Morgan fingerprint density at radius 3 is 2.74 bits per heavy atom. The number of nitrogens with one attached hydrogen (secondary N) is 1. The third-order valence-corrected chi connectivity index (χ3v) is 6.76. The lowest BCUT2D eigenvalue weighted by Gasteiger charge is -2.34. The summed E-state index contributed by atoms with van der Waals surface area (Å²) in [6.45, 7) is 10.5. The van der Waals surface area contributed by atoms with Gasteiger partial charge in [0.1, 0.15) is 0 Å². The van der Waals surface area contributed by atoms with E-state index in [0.29, 0.717) is 11.5 Å². The number of hydrogen-bond donors (Lipinski definition) is 1. The minimum atomic E-state index is 0.468. The van der Waals surface area contributed by atoms with Gasteiger partial charge in [-0.25, -0.2) is 0 Å². The van der Waals surface area contributed by atoms with Gasteiger partial charge in [-0.2, -0.15) is 0 Å². The Morgan fingerprint density at radius 1 is 1.53 bits per heavy atom. The summed E-state index contributed by atoms with van der Waals surface area (Å²) >= 11 is 5.62. The van der Waals surface area contributed by atoms with Gasteiger partial charge in [0.25, 0.3) is 0 Å². The van der Waals surface area contributed by atoms with E-state index in [0.717, 1.165) is 12.5 Å². The van der Waals surface area contributed by atoms with Crippen molar-refractivity contribution in [2.24, 2.45) is 11.3 Å². The van der Waals surface area contributed by atoms with Gasteiger partial charge in [0.05, 0.1) is 0 Å². The van der Waals surface area contributed by atoms with Crippen LogP contribution in [0.25, 0.3) is 0 Å². The first-order valence-corrected chi connectivity index (χ1v) is 9.06. The van der Waals surface area contributed by atoms with Crippen LogP contribution < -0.4 is 5.32 Å². The molecule has 1 fully saturated rings. The second-order valence-corrected chi connectivity index (χ2v) is 8.61. The lowest BCUT2D eigenvalue weighted by atomic mass is 9.77. The van der Waals surface area contributed by atoms with Crippen molar-refractivity contribution < 1.29 is 0 Å². The van der Waals surface area contributed by atoms with Gasteiger partial charge in [-0.15, -0.1) is 11.3 Å². The third-order valence-electron chi connectivity index (χ3n) is 4.54. The molecule has 108 valence electrons. The quantitative estimate of drug-likeness (QED) is 0.724. The first-order chi connectivity index (χ1) is 8.95. The number of thiophene rings is 1. The Kier molecular flexibility index (Phi) is 5.13. The summed E-state index contributed by atoms with van der Waals surface area (Å²) in [6.07, 6.45) is 5.32. The summed E-state index contributed by atoms with van der Waals surface area (Å²) in [5.41, 5.74) is 0.468. The molecule has 19 heavy (non-hydrogen) atoms.